The van der Waals surface area contributed by atoms with Crippen LogP contribution in [0.2, 0.25) is 5.02 Å². The molecule has 2 aliphatic rings. The zero-order valence-corrected chi connectivity index (χ0v) is 20.3. The Labute approximate surface area is 209 Å². The first kappa shape index (κ1) is 25.6. The van der Waals surface area contributed by atoms with Gasteiger partial charge in [-0.2, -0.15) is 18.3 Å². The maximum Gasteiger partial charge on any atom is 0.416 e. The molecule has 8 nitrogen and oxygen atoms in total. The third-order valence-corrected chi connectivity index (χ3v) is 8.21. The number of ketones is 1. The molecule has 0 heterocycles. The zero-order valence-electron chi connectivity index (χ0n) is 19.5. The summed E-state index contributed by atoms with van der Waals surface area (Å²) in [6, 6.07) is 8.02. The van der Waals surface area contributed by atoms with E-state index in [1.807, 2.05) is 6.92 Å². The third kappa shape index (κ3) is 3.64. The Kier molecular flexibility index (Phi) is 5.90. The second-order valence-electron chi connectivity index (χ2n) is 9.71. The van der Waals surface area contributed by atoms with Crippen LogP contribution in [0.5, 0.6) is 0 Å². The second kappa shape index (κ2) is 8.29. The van der Waals surface area contributed by atoms with Crippen LogP contribution < -0.4 is 10.7 Å². The van der Waals surface area contributed by atoms with Gasteiger partial charge >= 0.3 is 6.18 Å². The van der Waals surface area contributed by atoms with E-state index >= 15 is 0 Å². The van der Waals surface area contributed by atoms with E-state index in [1.165, 1.54) is 24.3 Å². The van der Waals surface area contributed by atoms with Gasteiger partial charge in [0.15, 0.2) is 5.78 Å². The quantitative estimate of drug-likeness (QED) is 0.281. The minimum absolute atomic E-state index is 0.0921. The molecule has 36 heavy (non-hydrogen) atoms. The van der Waals surface area contributed by atoms with Crippen molar-refractivity contribution in [2.45, 2.75) is 39.8 Å². The largest absolute Gasteiger partial charge is 0.416 e. The summed E-state index contributed by atoms with van der Waals surface area (Å²) < 4.78 is 39.6. The average molecular weight is 523 g/mol. The molecule has 2 aromatic rings. The molecule has 190 valence electrons. The van der Waals surface area contributed by atoms with E-state index in [-0.39, 0.29) is 28.5 Å². The predicted octanol–water partition coefficient (Wildman–Crippen LogP) is 6.07. The van der Waals surface area contributed by atoms with Gasteiger partial charge in [-0.25, -0.2) is 0 Å². The van der Waals surface area contributed by atoms with Crippen molar-refractivity contribution in [3.63, 3.8) is 0 Å². The molecule has 2 saturated carbocycles. The molecular formula is C24H22ClF3N4O4. The number of hydrazone groups is 1. The molecule has 4 rings (SSSR count). The van der Waals surface area contributed by atoms with Crippen molar-refractivity contribution < 1.29 is 27.7 Å². The zero-order chi connectivity index (χ0) is 26.7. The number of rotatable bonds is 5. The highest BCUT2D eigenvalue weighted by atomic mass is 35.5. The Bertz CT molecular complexity index is 1310. The van der Waals surface area contributed by atoms with Crippen molar-refractivity contribution in [1.29, 1.82) is 0 Å². The SMILES string of the molecule is CC12CCC(C(=O)Nc3cc(C(F)(F)F)ccc3Cl)(C(=O)C1=NNc1ccc([N+](=O)[O-])cc1)C2(C)C. The number of halogens is 4. The van der Waals surface area contributed by atoms with Gasteiger partial charge in [-0.05, 0) is 48.6 Å². The summed E-state index contributed by atoms with van der Waals surface area (Å²) in [4.78, 5) is 37.6. The number of fused-ring (bicyclic) bond motifs is 2. The summed E-state index contributed by atoms with van der Waals surface area (Å²) in [7, 11) is 0. The summed E-state index contributed by atoms with van der Waals surface area (Å²) in [6.45, 7) is 5.35. The molecule has 0 radical (unpaired) electrons. The lowest BCUT2D eigenvalue weighted by Gasteiger charge is -2.37. The van der Waals surface area contributed by atoms with Crippen LogP contribution in [0, 0.1) is 26.4 Å². The number of nitro benzene ring substituents is 1. The topological polar surface area (TPSA) is 114 Å². The molecule has 0 spiro atoms. The lowest BCUT2D eigenvalue weighted by molar-refractivity contribution is -0.384. The third-order valence-electron chi connectivity index (χ3n) is 7.88. The number of nitrogens with one attached hydrogen (secondary N) is 2. The minimum atomic E-state index is -4.64. The normalized spacial score (nSPS) is 25.8. The van der Waals surface area contributed by atoms with E-state index in [0.29, 0.717) is 12.1 Å². The Hall–Kier alpha value is -3.47. The van der Waals surface area contributed by atoms with Crippen molar-refractivity contribution in [1.82, 2.24) is 0 Å². The van der Waals surface area contributed by atoms with Gasteiger partial charge in [-0.1, -0.05) is 32.4 Å². The van der Waals surface area contributed by atoms with Crippen molar-refractivity contribution in [3.8, 4) is 0 Å². The van der Waals surface area contributed by atoms with E-state index in [4.69, 9.17) is 11.6 Å². The highest BCUT2D eigenvalue weighted by Gasteiger charge is 2.76. The fourth-order valence-electron chi connectivity index (χ4n) is 5.28. The lowest BCUT2D eigenvalue weighted by atomic mass is 9.64. The number of benzene rings is 2. The molecule has 12 heteroatoms. The Morgan fingerprint density at radius 2 is 1.75 bits per heavy atom. The Morgan fingerprint density at radius 1 is 1.11 bits per heavy atom. The summed E-state index contributed by atoms with van der Waals surface area (Å²) in [5, 5.41) is 17.5. The van der Waals surface area contributed by atoms with Gasteiger partial charge in [-0.3, -0.25) is 25.1 Å². The maximum atomic E-state index is 13.7. The highest BCUT2D eigenvalue weighted by molar-refractivity contribution is 6.51. The van der Waals surface area contributed by atoms with Crippen LogP contribution in [0.25, 0.3) is 0 Å². The Balaban J connectivity index is 1.67. The van der Waals surface area contributed by atoms with E-state index < -0.39 is 44.6 Å². The Morgan fingerprint density at radius 3 is 2.33 bits per heavy atom. The molecule has 1 amide bonds. The minimum Gasteiger partial charge on any atom is -0.324 e. The molecule has 0 aromatic heterocycles. The molecular weight excluding hydrogens is 501 g/mol. The number of hydrogen-bond donors (Lipinski definition) is 2. The molecule has 2 atom stereocenters. The molecule has 0 saturated heterocycles. The van der Waals surface area contributed by atoms with Gasteiger partial charge in [0.1, 0.15) is 11.1 Å². The number of nitrogens with zero attached hydrogens (tertiary/aromatic N) is 2. The van der Waals surface area contributed by atoms with Gasteiger partial charge in [-0.15, -0.1) is 0 Å². The molecule has 0 aliphatic heterocycles. The second-order valence-corrected chi connectivity index (χ2v) is 10.1. The van der Waals surface area contributed by atoms with E-state index in [2.05, 4.69) is 15.8 Å². The van der Waals surface area contributed by atoms with Crippen LogP contribution >= 0.6 is 11.6 Å². The molecule has 2 N–H and O–H groups in total. The van der Waals surface area contributed by atoms with Crippen molar-refractivity contribution >= 4 is 46.1 Å². The molecule has 2 bridgehead atoms. The van der Waals surface area contributed by atoms with Crippen LogP contribution in [-0.4, -0.2) is 22.3 Å². The maximum absolute atomic E-state index is 13.7. The van der Waals surface area contributed by atoms with Crippen LogP contribution in [0.3, 0.4) is 0 Å². The molecule has 2 unspecified atom stereocenters. The first-order chi connectivity index (χ1) is 16.6. The number of non-ortho nitro benzene ring substituents is 1. The van der Waals surface area contributed by atoms with Crippen LogP contribution in [0.1, 0.15) is 39.2 Å². The fourth-order valence-corrected chi connectivity index (χ4v) is 5.44. The van der Waals surface area contributed by atoms with Crippen molar-refractivity contribution in [2.75, 3.05) is 10.7 Å². The standard InChI is InChI=1S/C24H22ClF3N4O4/c1-21(2)22(3)10-11-23(21,20(34)29-17-12-13(24(26,27)28)4-9-16(17)25)19(33)18(22)31-30-14-5-7-15(8-6-14)32(35)36/h4-9,12,30H,10-11H2,1-3H3,(H,29,34). The number of carbonyl (C=O) groups is 2. The summed E-state index contributed by atoms with van der Waals surface area (Å²) in [6.07, 6.45) is -4.01. The van der Waals surface area contributed by atoms with E-state index in [1.54, 1.807) is 13.8 Å². The fraction of sp³-hybridized carbons (Fsp3) is 0.375. The first-order valence-electron chi connectivity index (χ1n) is 11.0. The highest BCUT2D eigenvalue weighted by Crippen LogP contribution is 2.69. The van der Waals surface area contributed by atoms with E-state index in [0.717, 1.165) is 18.2 Å². The number of hydrogen-bond acceptors (Lipinski definition) is 6. The summed E-state index contributed by atoms with van der Waals surface area (Å²) >= 11 is 6.06. The van der Waals surface area contributed by atoms with Crippen LogP contribution in [0.15, 0.2) is 47.6 Å². The van der Waals surface area contributed by atoms with Gasteiger partial charge in [0.25, 0.3) is 5.69 Å². The van der Waals surface area contributed by atoms with E-state index in [9.17, 15) is 32.9 Å². The number of anilines is 2. The van der Waals surface area contributed by atoms with Gasteiger partial charge in [0, 0.05) is 17.5 Å². The van der Waals surface area contributed by atoms with Crippen molar-refractivity contribution in [2.24, 2.45) is 21.3 Å². The monoisotopic (exact) mass is 522 g/mol. The van der Waals surface area contributed by atoms with Gasteiger partial charge < -0.3 is 5.32 Å². The molecule has 2 fully saturated rings. The number of Topliss-reactive ketones (excluding diaryl/α,β-unsaturated/α-hetero) is 1. The number of carbonyl (C=O) groups excluding carboxylic acids is 2. The van der Waals surface area contributed by atoms with Crippen LogP contribution in [-0.2, 0) is 15.8 Å². The first-order valence-corrected chi connectivity index (χ1v) is 11.3. The number of nitro groups is 1. The average Bonchev–Trinajstić information content (AvgIpc) is 3.08. The number of amides is 1. The molecule has 2 aromatic carbocycles. The smallest absolute Gasteiger partial charge is 0.324 e. The van der Waals surface area contributed by atoms with Crippen LogP contribution in [0.4, 0.5) is 30.2 Å². The number of alkyl halides is 3. The van der Waals surface area contributed by atoms with Crippen molar-refractivity contribution in [3.05, 3.63) is 63.2 Å². The predicted molar refractivity (Wildman–Crippen MR) is 128 cm³/mol. The van der Waals surface area contributed by atoms with Gasteiger partial charge in [0.2, 0.25) is 5.91 Å². The lowest BCUT2D eigenvalue weighted by Crippen LogP contribution is -2.47. The summed E-state index contributed by atoms with van der Waals surface area (Å²) in [5.41, 5.74) is -1.38. The van der Waals surface area contributed by atoms with Gasteiger partial charge in [0.05, 0.1) is 26.9 Å². The molecule has 2 aliphatic carbocycles. The summed E-state index contributed by atoms with van der Waals surface area (Å²) in [5.74, 6) is -1.28.